The van der Waals surface area contributed by atoms with Gasteiger partial charge in [0.2, 0.25) is 0 Å². The summed E-state index contributed by atoms with van der Waals surface area (Å²) in [5.74, 6) is 1.10. The maximum Gasteiger partial charge on any atom is 0.273 e. The van der Waals surface area contributed by atoms with Crippen molar-refractivity contribution in [3.63, 3.8) is 0 Å². The van der Waals surface area contributed by atoms with Crippen molar-refractivity contribution >= 4 is 5.91 Å². The molecular formula is C14H23N3O2. The number of aromatic nitrogens is 1. The van der Waals surface area contributed by atoms with Gasteiger partial charge in [-0.2, -0.15) is 0 Å². The molecule has 1 fully saturated rings. The van der Waals surface area contributed by atoms with Crippen LogP contribution in [0.4, 0.5) is 0 Å². The smallest absolute Gasteiger partial charge is 0.273 e. The highest BCUT2D eigenvalue weighted by molar-refractivity contribution is 5.92. The molecule has 0 bridgehead atoms. The number of piperidine rings is 1. The summed E-state index contributed by atoms with van der Waals surface area (Å²) in [6.07, 6.45) is 2.30. The van der Waals surface area contributed by atoms with E-state index in [0.717, 1.165) is 32.5 Å². The molecule has 2 heterocycles. The van der Waals surface area contributed by atoms with Crippen molar-refractivity contribution in [2.45, 2.75) is 39.7 Å². The molecule has 1 amide bonds. The highest BCUT2D eigenvalue weighted by atomic mass is 16.5. The van der Waals surface area contributed by atoms with Gasteiger partial charge in [0.1, 0.15) is 5.76 Å². The van der Waals surface area contributed by atoms with E-state index in [1.165, 1.54) is 0 Å². The molecule has 0 unspecified atom stereocenters. The van der Waals surface area contributed by atoms with E-state index >= 15 is 0 Å². The quantitative estimate of drug-likeness (QED) is 0.902. The van der Waals surface area contributed by atoms with E-state index in [9.17, 15) is 4.79 Å². The minimum atomic E-state index is -0.136. The lowest BCUT2D eigenvalue weighted by Gasteiger charge is -2.34. The summed E-state index contributed by atoms with van der Waals surface area (Å²) in [4.78, 5) is 14.3. The third kappa shape index (κ3) is 3.80. The van der Waals surface area contributed by atoms with Crippen molar-refractivity contribution in [3.05, 3.63) is 17.5 Å². The molecule has 19 heavy (non-hydrogen) atoms. The Morgan fingerprint density at radius 3 is 2.74 bits per heavy atom. The summed E-state index contributed by atoms with van der Waals surface area (Å²) in [7, 11) is 0. The van der Waals surface area contributed by atoms with Gasteiger partial charge in [0, 0.05) is 18.7 Å². The van der Waals surface area contributed by atoms with Gasteiger partial charge in [-0.3, -0.25) is 4.79 Å². The van der Waals surface area contributed by atoms with Gasteiger partial charge in [-0.25, -0.2) is 0 Å². The van der Waals surface area contributed by atoms with Crippen LogP contribution in [-0.4, -0.2) is 41.6 Å². The molecule has 0 aromatic carbocycles. The van der Waals surface area contributed by atoms with E-state index in [2.05, 4.69) is 29.2 Å². The lowest BCUT2D eigenvalue weighted by molar-refractivity contribution is 0.0921. The molecule has 5 nitrogen and oxygen atoms in total. The summed E-state index contributed by atoms with van der Waals surface area (Å²) in [5.41, 5.74) is 0.372. The molecular weight excluding hydrogens is 242 g/mol. The first-order valence-electron chi connectivity index (χ1n) is 7.02. The molecule has 2 rings (SSSR count). The second-order valence-electron chi connectivity index (χ2n) is 5.61. The highest BCUT2D eigenvalue weighted by Gasteiger charge is 2.21. The zero-order valence-electron chi connectivity index (χ0n) is 12.0. The molecule has 1 aliphatic heterocycles. The van der Waals surface area contributed by atoms with Crippen LogP contribution in [-0.2, 0) is 0 Å². The first-order valence-corrected chi connectivity index (χ1v) is 7.02. The summed E-state index contributed by atoms with van der Waals surface area (Å²) >= 11 is 0. The van der Waals surface area contributed by atoms with Gasteiger partial charge in [-0.15, -0.1) is 0 Å². The van der Waals surface area contributed by atoms with Crippen molar-refractivity contribution in [1.29, 1.82) is 0 Å². The molecule has 1 saturated heterocycles. The maximum atomic E-state index is 11.8. The van der Waals surface area contributed by atoms with E-state index < -0.39 is 0 Å². The van der Waals surface area contributed by atoms with E-state index in [4.69, 9.17) is 4.52 Å². The predicted molar refractivity (Wildman–Crippen MR) is 73.0 cm³/mol. The Balaban J connectivity index is 1.73. The standard InChI is InChI=1S/C14H23N3O2/c1-10(2)17-6-4-12(5-7-17)9-15-14(18)13-8-11(3)19-16-13/h8,10,12H,4-7,9H2,1-3H3,(H,15,18). The van der Waals surface area contributed by atoms with Crippen LogP contribution in [0.5, 0.6) is 0 Å². The van der Waals surface area contributed by atoms with E-state index in [0.29, 0.717) is 23.4 Å². The lowest BCUT2D eigenvalue weighted by atomic mass is 9.96. The Morgan fingerprint density at radius 1 is 1.53 bits per heavy atom. The second kappa shape index (κ2) is 6.19. The second-order valence-corrected chi connectivity index (χ2v) is 5.61. The largest absolute Gasteiger partial charge is 0.361 e. The molecule has 1 aliphatic rings. The van der Waals surface area contributed by atoms with Crippen molar-refractivity contribution in [2.75, 3.05) is 19.6 Å². The SMILES string of the molecule is Cc1cc(C(=O)NCC2CCN(C(C)C)CC2)no1. The fourth-order valence-corrected chi connectivity index (χ4v) is 2.47. The van der Waals surface area contributed by atoms with Crippen molar-refractivity contribution in [1.82, 2.24) is 15.4 Å². The number of nitrogens with one attached hydrogen (secondary N) is 1. The van der Waals surface area contributed by atoms with Crippen molar-refractivity contribution < 1.29 is 9.32 Å². The lowest BCUT2D eigenvalue weighted by Crippen LogP contribution is -2.41. The number of hydrogen-bond donors (Lipinski definition) is 1. The topological polar surface area (TPSA) is 58.4 Å². The van der Waals surface area contributed by atoms with Crippen LogP contribution in [0.1, 0.15) is 42.9 Å². The average molecular weight is 265 g/mol. The first kappa shape index (κ1) is 14.1. The van der Waals surface area contributed by atoms with Crippen LogP contribution in [0.25, 0.3) is 0 Å². The van der Waals surface area contributed by atoms with E-state index in [1.807, 2.05) is 0 Å². The highest BCUT2D eigenvalue weighted by Crippen LogP contribution is 2.18. The number of likely N-dealkylation sites (tertiary alicyclic amines) is 1. The summed E-state index contributed by atoms with van der Waals surface area (Å²) < 4.78 is 4.90. The summed E-state index contributed by atoms with van der Waals surface area (Å²) in [6.45, 7) is 9.23. The van der Waals surface area contributed by atoms with Gasteiger partial charge in [-0.05, 0) is 52.6 Å². The van der Waals surface area contributed by atoms with Gasteiger partial charge in [0.05, 0.1) is 0 Å². The number of carbonyl (C=O) groups is 1. The molecule has 1 aromatic heterocycles. The van der Waals surface area contributed by atoms with Gasteiger partial charge < -0.3 is 14.7 Å². The number of carbonyl (C=O) groups excluding carboxylic acids is 1. The number of aryl methyl sites for hydroxylation is 1. The van der Waals surface area contributed by atoms with Crippen LogP contribution in [0.3, 0.4) is 0 Å². The Hall–Kier alpha value is -1.36. The molecule has 0 atom stereocenters. The third-order valence-corrected chi connectivity index (χ3v) is 3.79. The minimum absolute atomic E-state index is 0.136. The van der Waals surface area contributed by atoms with Crippen LogP contribution < -0.4 is 5.32 Å². The molecule has 1 N–H and O–H groups in total. The van der Waals surface area contributed by atoms with Gasteiger partial charge in [-0.1, -0.05) is 5.16 Å². The molecule has 1 aromatic rings. The number of hydrogen-bond acceptors (Lipinski definition) is 4. The van der Waals surface area contributed by atoms with E-state index in [-0.39, 0.29) is 5.91 Å². The summed E-state index contributed by atoms with van der Waals surface area (Å²) in [6, 6.07) is 2.28. The molecule has 5 heteroatoms. The minimum Gasteiger partial charge on any atom is -0.361 e. The third-order valence-electron chi connectivity index (χ3n) is 3.79. The number of nitrogens with zero attached hydrogens (tertiary/aromatic N) is 2. The zero-order valence-corrected chi connectivity index (χ0v) is 12.0. The molecule has 0 saturated carbocycles. The van der Waals surface area contributed by atoms with Crippen LogP contribution in [0.2, 0.25) is 0 Å². The van der Waals surface area contributed by atoms with Gasteiger partial charge in [0.15, 0.2) is 5.69 Å². The number of amides is 1. The van der Waals surface area contributed by atoms with Gasteiger partial charge >= 0.3 is 0 Å². The average Bonchev–Trinajstić information content (AvgIpc) is 2.83. The normalized spacial score (nSPS) is 17.9. The fraction of sp³-hybridized carbons (Fsp3) is 0.714. The van der Waals surface area contributed by atoms with Crippen LogP contribution >= 0.6 is 0 Å². The molecule has 0 aliphatic carbocycles. The van der Waals surface area contributed by atoms with Crippen molar-refractivity contribution in [2.24, 2.45) is 5.92 Å². The maximum absolute atomic E-state index is 11.8. The zero-order chi connectivity index (χ0) is 13.8. The van der Waals surface area contributed by atoms with Crippen LogP contribution in [0.15, 0.2) is 10.6 Å². The van der Waals surface area contributed by atoms with Gasteiger partial charge in [0.25, 0.3) is 5.91 Å². The Bertz CT molecular complexity index is 420. The van der Waals surface area contributed by atoms with Crippen molar-refractivity contribution in [3.8, 4) is 0 Å². The Labute approximate surface area is 114 Å². The molecule has 106 valence electrons. The molecule has 0 radical (unpaired) electrons. The van der Waals surface area contributed by atoms with E-state index in [1.54, 1.807) is 13.0 Å². The predicted octanol–water partition coefficient (Wildman–Crippen LogP) is 1.83. The Morgan fingerprint density at radius 2 is 2.21 bits per heavy atom. The molecule has 0 spiro atoms. The fourth-order valence-electron chi connectivity index (χ4n) is 2.47. The van der Waals surface area contributed by atoms with Crippen LogP contribution in [0, 0.1) is 12.8 Å². The monoisotopic (exact) mass is 265 g/mol. The Kier molecular flexibility index (Phi) is 4.58. The number of rotatable bonds is 4. The summed E-state index contributed by atoms with van der Waals surface area (Å²) in [5, 5.41) is 6.67. The first-order chi connectivity index (χ1) is 9.06.